The number of carbonyl (C=O) groups is 1. The molecule has 1 fully saturated rings. The molecule has 0 unspecified atom stereocenters. The number of hydrogen-bond acceptors (Lipinski definition) is 4. The molecule has 0 radical (unpaired) electrons. The summed E-state index contributed by atoms with van der Waals surface area (Å²) >= 11 is 1.41. The van der Waals surface area contributed by atoms with Crippen LogP contribution in [0.2, 0.25) is 0 Å². The van der Waals surface area contributed by atoms with Gasteiger partial charge in [-0.1, -0.05) is 23.9 Å². The zero-order valence-corrected chi connectivity index (χ0v) is 14.1. The number of benzene rings is 1. The Morgan fingerprint density at radius 2 is 2.00 bits per heavy atom. The molecule has 1 amide bonds. The Labute approximate surface area is 135 Å². The number of aromatic nitrogens is 1. The second-order valence-electron chi connectivity index (χ2n) is 6.08. The highest BCUT2D eigenvalue weighted by Crippen LogP contribution is 2.30. The molecule has 2 heterocycles. The van der Waals surface area contributed by atoms with Crippen molar-refractivity contribution in [1.82, 2.24) is 9.88 Å². The van der Waals surface area contributed by atoms with Gasteiger partial charge in [-0.05, 0) is 52.2 Å². The lowest BCUT2D eigenvalue weighted by atomic mass is 9.97. The summed E-state index contributed by atoms with van der Waals surface area (Å²) in [5.41, 5.74) is 1.61. The predicted molar refractivity (Wildman–Crippen MR) is 88.9 cm³/mol. The fourth-order valence-corrected chi connectivity index (χ4v) is 3.98. The van der Waals surface area contributed by atoms with Gasteiger partial charge >= 0.3 is 0 Å². The van der Waals surface area contributed by atoms with Crippen LogP contribution in [0.4, 0.5) is 0 Å². The Hall–Kier alpha value is -1.49. The average Bonchev–Trinajstić information content (AvgIpc) is 2.89. The third-order valence-corrected chi connectivity index (χ3v) is 5.28. The van der Waals surface area contributed by atoms with E-state index in [0.717, 1.165) is 23.9 Å². The molecule has 1 aliphatic rings. The zero-order valence-electron chi connectivity index (χ0n) is 13.3. The van der Waals surface area contributed by atoms with E-state index in [1.165, 1.54) is 18.2 Å². The van der Waals surface area contributed by atoms with E-state index < -0.39 is 0 Å². The minimum atomic E-state index is -0.184. The number of rotatable bonds is 3. The van der Waals surface area contributed by atoms with E-state index in [0.29, 0.717) is 17.3 Å². The normalized spacial score (nSPS) is 23.7. The molecule has 1 aromatic heterocycles. The molecule has 3 rings (SSSR count). The molecule has 118 valence electrons. The van der Waals surface area contributed by atoms with Gasteiger partial charge in [0.2, 0.25) is 5.91 Å². The van der Waals surface area contributed by atoms with E-state index in [-0.39, 0.29) is 11.2 Å². The van der Waals surface area contributed by atoms with E-state index in [1.54, 1.807) is 0 Å². The van der Waals surface area contributed by atoms with E-state index >= 15 is 0 Å². The summed E-state index contributed by atoms with van der Waals surface area (Å²) in [4.78, 5) is 19.3. The molecule has 4 nitrogen and oxygen atoms in total. The molecule has 22 heavy (non-hydrogen) atoms. The van der Waals surface area contributed by atoms with Gasteiger partial charge in [-0.15, -0.1) is 0 Å². The number of thioether (sulfide) groups is 1. The van der Waals surface area contributed by atoms with Gasteiger partial charge < -0.3 is 9.32 Å². The molecule has 2 aromatic rings. The Morgan fingerprint density at radius 3 is 2.68 bits per heavy atom. The van der Waals surface area contributed by atoms with Crippen LogP contribution in [0.1, 0.15) is 40.0 Å². The van der Waals surface area contributed by atoms with Gasteiger partial charge in [-0.3, -0.25) is 4.79 Å². The molecule has 0 N–H and O–H groups in total. The first-order valence-corrected chi connectivity index (χ1v) is 8.78. The van der Waals surface area contributed by atoms with Crippen LogP contribution in [-0.2, 0) is 4.79 Å². The van der Waals surface area contributed by atoms with E-state index in [4.69, 9.17) is 4.42 Å². The third-order valence-electron chi connectivity index (χ3n) is 4.35. The van der Waals surface area contributed by atoms with Crippen molar-refractivity contribution in [1.29, 1.82) is 0 Å². The molecule has 1 aliphatic heterocycles. The number of oxazole rings is 1. The highest BCUT2D eigenvalue weighted by Gasteiger charge is 2.32. The van der Waals surface area contributed by atoms with Crippen LogP contribution < -0.4 is 0 Å². The highest BCUT2D eigenvalue weighted by atomic mass is 32.2. The van der Waals surface area contributed by atoms with Gasteiger partial charge in [0.15, 0.2) is 5.58 Å². The van der Waals surface area contributed by atoms with Gasteiger partial charge in [0.25, 0.3) is 5.22 Å². The van der Waals surface area contributed by atoms with Crippen molar-refractivity contribution in [2.75, 3.05) is 0 Å². The fraction of sp³-hybridized carbons (Fsp3) is 0.529. The molecule has 1 saturated heterocycles. The van der Waals surface area contributed by atoms with Crippen LogP contribution in [0.15, 0.2) is 33.9 Å². The number of amides is 1. The van der Waals surface area contributed by atoms with Crippen molar-refractivity contribution in [2.24, 2.45) is 0 Å². The lowest BCUT2D eigenvalue weighted by Gasteiger charge is -2.40. The fourth-order valence-electron chi connectivity index (χ4n) is 3.17. The maximum atomic E-state index is 12.8. The second kappa shape index (κ2) is 6.32. The Kier molecular flexibility index (Phi) is 4.43. The minimum absolute atomic E-state index is 0.184. The predicted octanol–water partition coefficient (Wildman–Crippen LogP) is 4.10. The number of piperidine rings is 1. The number of nitrogens with zero attached hydrogens (tertiary/aromatic N) is 2. The average molecular weight is 318 g/mol. The second-order valence-corrected chi connectivity index (χ2v) is 7.37. The van der Waals surface area contributed by atoms with Crippen LogP contribution >= 0.6 is 11.8 Å². The molecular weight excluding hydrogens is 296 g/mol. The van der Waals surface area contributed by atoms with Gasteiger partial charge in [0, 0.05) is 12.1 Å². The van der Waals surface area contributed by atoms with E-state index in [2.05, 4.69) is 18.8 Å². The molecule has 0 saturated carbocycles. The number of fused-ring (bicyclic) bond motifs is 1. The summed E-state index contributed by atoms with van der Waals surface area (Å²) < 4.78 is 5.71. The van der Waals surface area contributed by atoms with Gasteiger partial charge in [-0.2, -0.15) is 0 Å². The molecule has 0 aliphatic carbocycles. The van der Waals surface area contributed by atoms with Crippen LogP contribution in [0.3, 0.4) is 0 Å². The quantitative estimate of drug-likeness (QED) is 0.799. The summed E-state index contributed by atoms with van der Waals surface area (Å²) in [7, 11) is 0. The number of likely N-dealkylation sites (tertiary alicyclic amines) is 1. The Morgan fingerprint density at radius 1 is 1.32 bits per heavy atom. The SMILES string of the molecule is C[C@@H]1CCC[C@H](C)N1C(=O)[C@@H](C)Sc1nc2ccccc2o1. The molecule has 5 heteroatoms. The summed E-state index contributed by atoms with van der Waals surface area (Å²) in [6.07, 6.45) is 3.39. The zero-order chi connectivity index (χ0) is 15.7. The third kappa shape index (κ3) is 3.00. The van der Waals surface area contributed by atoms with Crippen LogP contribution in [0, 0.1) is 0 Å². The van der Waals surface area contributed by atoms with Crippen LogP contribution in [-0.4, -0.2) is 33.1 Å². The number of para-hydroxylation sites is 2. The summed E-state index contributed by atoms with van der Waals surface area (Å²) in [5.74, 6) is 0.187. The standard InChI is InChI=1S/C17H22N2O2S/c1-11-7-6-8-12(2)19(11)16(20)13(3)22-17-18-14-9-4-5-10-15(14)21-17/h4-5,9-13H,6-8H2,1-3H3/t11-,12+,13-/m1/s1. The summed E-state index contributed by atoms with van der Waals surface area (Å²) in [6.45, 7) is 6.23. The highest BCUT2D eigenvalue weighted by molar-refractivity contribution is 8.00. The number of hydrogen-bond donors (Lipinski definition) is 0. The Bertz CT molecular complexity index is 626. The summed E-state index contributed by atoms with van der Waals surface area (Å²) in [5, 5.41) is 0.385. The van der Waals surface area contributed by atoms with Crippen molar-refractivity contribution < 1.29 is 9.21 Å². The molecule has 0 spiro atoms. The summed E-state index contributed by atoms with van der Waals surface area (Å²) in [6, 6.07) is 8.32. The lowest BCUT2D eigenvalue weighted by molar-refractivity contribution is -0.136. The van der Waals surface area contributed by atoms with Crippen molar-refractivity contribution in [3.8, 4) is 0 Å². The Balaban J connectivity index is 1.72. The van der Waals surface area contributed by atoms with Crippen molar-refractivity contribution >= 4 is 28.8 Å². The minimum Gasteiger partial charge on any atom is -0.431 e. The van der Waals surface area contributed by atoms with Crippen molar-refractivity contribution in [3.63, 3.8) is 0 Å². The first-order chi connectivity index (χ1) is 10.6. The molecule has 0 bridgehead atoms. The molecule has 1 aromatic carbocycles. The van der Waals surface area contributed by atoms with E-state index in [9.17, 15) is 4.79 Å². The maximum absolute atomic E-state index is 12.8. The largest absolute Gasteiger partial charge is 0.431 e. The topological polar surface area (TPSA) is 46.3 Å². The smallest absolute Gasteiger partial charge is 0.257 e. The van der Waals surface area contributed by atoms with Gasteiger partial charge in [0.1, 0.15) is 5.52 Å². The molecular formula is C17H22N2O2S. The van der Waals surface area contributed by atoms with Gasteiger partial charge in [0.05, 0.1) is 5.25 Å². The first kappa shape index (κ1) is 15.4. The first-order valence-electron chi connectivity index (χ1n) is 7.90. The lowest BCUT2D eigenvalue weighted by Crippen LogP contribution is -2.50. The van der Waals surface area contributed by atoms with Crippen molar-refractivity contribution in [3.05, 3.63) is 24.3 Å². The van der Waals surface area contributed by atoms with Crippen LogP contribution in [0.25, 0.3) is 11.1 Å². The van der Waals surface area contributed by atoms with Gasteiger partial charge in [-0.25, -0.2) is 4.98 Å². The van der Waals surface area contributed by atoms with Crippen molar-refractivity contribution in [2.45, 2.75) is 62.6 Å². The maximum Gasteiger partial charge on any atom is 0.257 e. The monoisotopic (exact) mass is 318 g/mol. The van der Waals surface area contributed by atoms with E-state index in [1.807, 2.05) is 36.1 Å². The molecule has 3 atom stereocenters. The number of carbonyl (C=O) groups excluding carboxylic acids is 1. The van der Waals surface area contributed by atoms with Crippen LogP contribution in [0.5, 0.6) is 0 Å².